The Morgan fingerprint density at radius 3 is 2.31 bits per heavy atom. The summed E-state index contributed by atoms with van der Waals surface area (Å²) in [5.74, 6) is 0. The number of morpholine rings is 1. The van der Waals surface area contributed by atoms with Crippen LogP contribution in [0.2, 0.25) is 0 Å². The summed E-state index contributed by atoms with van der Waals surface area (Å²) in [4.78, 5) is 2.36. The zero-order chi connectivity index (χ0) is 9.47. The van der Waals surface area contributed by atoms with Crippen LogP contribution in [-0.4, -0.2) is 47.4 Å². The summed E-state index contributed by atoms with van der Waals surface area (Å²) in [7, 11) is 0. The summed E-state index contributed by atoms with van der Waals surface area (Å²) in [6.45, 7) is 6.40. The van der Waals surface area contributed by atoms with Crippen LogP contribution in [0.3, 0.4) is 0 Å². The third kappa shape index (κ3) is 1.73. The highest BCUT2D eigenvalue weighted by molar-refractivity contribution is 4.91. The molecule has 2 bridgehead atoms. The Bertz CT molecular complexity index is 181. The van der Waals surface area contributed by atoms with E-state index in [9.17, 15) is 5.11 Å². The van der Waals surface area contributed by atoms with Gasteiger partial charge in [0, 0.05) is 18.6 Å². The van der Waals surface area contributed by atoms with Crippen LogP contribution in [-0.2, 0) is 4.74 Å². The number of nitrogens with zero attached hydrogens (tertiary/aromatic N) is 1. The molecule has 2 unspecified atom stereocenters. The third-order valence-corrected chi connectivity index (χ3v) is 3.29. The van der Waals surface area contributed by atoms with Gasteiger partial charge in [-0.1, -0.05) is 0 Å². The molecule has 0 aliphatic carbocycles. The number of aliphatic hydroxyl groups is 1. The Morgan fingerprint density at radius 1 is 1.31 bits per heavy atom. The zero-order valence-electron chi connectivity index (χ0n) is 8.49. The third-order valence-electron chi connectivity index (χ3n) is 3.29. The van der Waals surface area contributed by atoms with Crippen molar-refractivity contribution in [2.45, 2.75) is 44.4 Å². The first-order valence-corrected chi connectivity index (χ1v) is 5.13. The maximum Gasteiger partial charge on any atom is 0.0707 e. The molecular formula is C10H19NO2. The first-order chi connectivity index (χ1) is 6.12. The van der Waals surface area contributed by atoms with Gasteiger partial charge in [-0.3, -0.25) is 4.90 Å². The average Bonchev–Trinajstić information content (AvgIpc) is 2.45. The lowest BCUT2D eigenvalue weighted by atomic mass is 10.0. The molecule has 13 heavy (non-hydrogen) atoms. The topological polar surface area (TPSA) is 32.7 Å². The number of aliphatic hydroxyl groups excluding tert-OH is 1. The van der Waals surface area contributed by atoms with Crippen molar-refractivity contribution in [3.63, 3.8) is 0 Å². The highest BCUT2D eigenvalue weighted by Crippen LogP contribution is 2.30. The number of ether oxygens (including phenoxy) is 1. The minimum atomic E-state index is -0.0787. The van der Waals surface area contributed by atoms with E-state index in [2.05, 4.69) is 18.7 Å². The molecule has 2 heterocycles. The van der Waals surface area contributed by atoms with Crippen molar-refractivity contribution in [1.29, 1.82) is 0 Å². The molecular weight excluding hydrogens is 166 g/mol. The number of likely N-dealkylation sites (tertiary alicyclic amines) is 1. The van der Waals surface area contributed by atoms with Gasteiger partial charge >= 0.3 is 0 Å². The second-order valence-electron chi connectivity index (χ2n) is 4.83. The van der Waals surface area contributed by atoms with Crippen molar-refractivity contribution in [2.75, 3.05) is 19.7 Å². The number of fused-ring (bicyclic) bond motifs is 2. The van der Waals surface area contributed by atoms with Crippen LogP contribution in [0.4, 0.5) is 0 Å². The van der Waals surface area contributed by atoms with Gasteiger partial charge in [0.25, 0.3) is 0 Å². The second-order valence-corrected chi connectivity index (χ2v) is 4.83. The van der Waals surface area contributed by atoms with E-state index in [0.717, 1.165) is 13.1 Å². The molecule has 2 aliphatic rings. The fourth-order valence-corrected chi connectivity index (χ4v) is 2.21. The zero-order valence-corrected chi connectivity index (χ0v) is 8.49. The first kappa shape index (κ1) is 9.44. The standard InChI is InChI=1S/C10H19NO2/c1-10(2,7-12)11-5-8-3-4-9(6-11)13-8/h8-9,12H,3-7H2,1-2H3. The van der Waals surface area contributed by atoms with Gasteiger partial charge in [0.05, 0.1) is 18.8 Å². The molecule has 2 atom stereocenters. The Labute approximate surface area is 79.7 Å². The van der Waals surface area contributed by atoms with E-state index in [1.165, 1.54) is 12.8 Å². The molecule has 2 saturated heterocycles. The van der Waals surface area contributed by atoms with Crippen molar-refractivity contribution in [3.8, 4) is 0 Å². The summed E-state index contributed by atoms with van der Waals surface area (Å²) in [6.07, 6.45) is 3.24. The Kier molecular flexibility index (Phi) is 2.34. The smallest absolute Gasteiger partial charge is 0.0707 e. The molecule has 0 saturated carbocycles. The predicted octanol–water partition coefficient (Wildman–Crippen LogP) is 0.620. The van der Waals surface area contributed by atoms with Gasteiger partial charge < -0.3 is 9.84 Å². The van der Waals surface area contributed by atoms with Crippen molar-refractivity contribution < 1.29 is 9.84 Å². The summed E-state index contributed by atoms with van der Waals surface area (Å²) < 4.78 is 5.74. The van der Waals surface area contributed by atoms with Gasteiger partial charge in [0.2, 0.25) is 0 Å². The molecule has 3 heteroatoms. The van der Waals surface area contributed by atoms with Crippen LogP contribution in [0.1, 0.15) is 26.7 Å². The lowest BCUT2D eigenvalue weighted by Gasteiger charge is -2.42. The molecule has 0 aromatic heterocycles. The maximum absolute atomic E-state index is 9.26. The fraction of sp³-hybridized carbons (Fsp3) is 1.00. The minimum absolute atomic E-state index is 0.0787. The van der Waals surface area contributed by atoms with Gasteiger partial charge in [0.1, 0.15) is 0 Å². The summed E-state index contributed by atoms with van der Waals surface area (Å²) in [6, 6.07) is 0. The van der Waals surface area contributed by atoms with Gasteiger partial charge in [-0.15, -0.1) is 0 Å². The maximum atomic E-state index is 9.26. The van der Waals surface area contributed by atoms with E-state index in [1.54, 1.807) is 0 Å². The first-order valence-electron chi connectivity index (χ1n) is 5.13. The predicted molar refractivity (Wildman–Crippen MR) is 50.6 cm³/mol. The van der Waals surface area contributed by atoms with Crippen LogP contribution >= 0.6 is 0 Å². The molecule has 2 fully saturated rings. The molecule has 2 aliphatic heterocycles. The van der Waals surface area contributed by atoms with Gasteiger partial charge in [-0.05, 0) is 26.7 Å². The van der Waals surface area contributed by atoms with E-state index in [-0.39, 0.29) is 12.1 Å². The highest BCUT2D eigenvalue weighted by Gasteiger charge is 2.39. The molecule has 3 nitrogen and oxygen atoms in total. The lowest BCUT2D eigenvalue weighted by Crippen LogP contribution is -2.54. The number of rotatable bonds is 2. The second kappa shape index (κ2) is 3.23. The largest absolute Gasteiger partial charge is 0.394 e. The van der Waals surface area contributed by atoms with Crippen LogP contribution in [0.5, 0.6) is 0 Å². The summed E-state index contributed by atoms with van der Waals surface area (Å²) >= 11 is 0. The molecule has 0 amide bonds. The van der Waals surface area contributed by atoms with E-state index in [1.807, 2.05) is 0 Å². The minimum Gasteiger partial charge on any atom is -0.394 e. The molecule has 2 rings (SSSR count). The molecule has 1 N–H and O–H groups in total. The molecule has 0 spiro atoms. The van der Waals surface area contributed by atoms with Crippen LogP contribution in [0.15, 0.2) is 0 Å². The van der Waals surface area contributed by atoms with E-state index >= 15 is 0 Å². The van der Waals surface area contributed by atoms with E-state index in [0.29, 0.717) is 12.2 Å². The fourth-order valence-electron chi connectivity index (χ4n) is 2.21. The molecule has 0 aromatic carbocycles. The Hall–Kier alpha value is -0.120. The molecule has 76 valence electrons. The Morgan fingerprint density at radius 2 is 1.85 bits per heavy atom. The van der Waals surface area contributed by atoms with Crippen molar-refractivity contribution in [2.24, 2.45) is 0 Å². The van der Waals surface area contributed by atoms with E-state index in [4.69, 9.17) is 4.74 Å². The van der Waals surface area contributed by atoms with Crippen LogP contribution in [0.25, 0.3) is 0 Å². The van der Waals surface area contributed by atoms with Gasteiger partial charge in [0.15, 0.2) is 0 Å². The van der Waals surface area contributed by atoms with Crippen LogP contribution < -0.4 is 0 Å². The Balaban J connectivity index is 2.02. The monoisotopic (exact) mass is 185 g/mol. The van der Waals surface area contributed by atoms with Crippen molar-refractivity contribution in [3.05, 3.63) is 0 Å². The lowest BCUT2D eigenvalue weighted by molar-refractivity contribution is -0.0810. The van der Waals surface area contributed by atoms with Crippen molar-refractivity contribution >= 4 is 0 Å². The number of hydrogen-bond donors (Lipinski definition) is 1. The van der Waals surface area contributed by atoms with E-state index < -0.39 is 0 Å². The molecule has 0 radical (unpaired) electrons. The molecule has 0 aromatic rings. The quantitative estimate of drug-likeness (QED) is 0.684. The van der Waals surface area contributed by atoms with Crippen molar-refractivity contribution in [1.82, 2.24) is 4.90 Å². The van der Waals surface area contributed by atoms with Gasteiger partial charge in [-0.25, -0.2) is 0 Å². The summed E-state index contributed by atoms with van der Waals surface area (Å²) in [5.41, 5.74) is -0.0787. The number of hydrogen-bond acceptors (Lipinski definition) is 3. The average molecular weight is 185 g/mol. The summed E-state index contributed by atoms with van der Waals surface area (Å²) in [5, 5.41) is 9.26. The highest BCUT2D eigenvalue weighted by atomic mass is 16.5. The van der Waals surface area contributed by atoms with Crippen LogP contribution in [0, 0.1) is 0 Å². The normalized spacial score (nSPS) is 35.3. The van der Waals surface area contributed by atoms with Gasteiger partial charge in [-0.2, -0.15) is 0 Å². The SMILES string of the molecule is CC(C)(CO)N1CC2CCC(C1)O2.